The van der Waals surface area contributed by atoms with Gasteiger partial charge in [0.1, 0.15) is 6.20 Å². The second-order valence-corrected chi connectivity index (χ2v) is 3.62. The summed E-state index contributed by atoms with van der Waals surface area (Å²) in [7, 11) is 0. The Hall–Kier alpha value is -2.17. The maximum absolute atomic E-state index is 11.6. The van der Waals surface area contributed by atoms with Crippen molar-refractivity contribution in [3.05, 3.63) is 41.2 Å². The summed E-state index contributed by atoms with van der Waals surface area (Å²) < 4.78 is 4.36. The van der Waals surface area contributed by atoms with E-state index in [4.69, 9.17) is 0 Å². The monoisotopic (exact) mass is 217 g/mol. The van der Waals surface area contributed by atoms with Gasteiger partial charge in [-0.3, -0.25) is 4.79 Å². The fraction of sp³-hybridized carbons (Fsp3) is 0.182. The van der Waals surface area contributed by atoms with Gasteiger partial charge in [0.05, 0.1) is 0 Å². The summed E-state index contributed by atoms with van der Waals surface area (Å²) in [6.07, 6.45) is 1.28. The molecule has 0 bridgehead atoms. The number of anilines is 1. The van der Waals surface area contributed by atoms with Gasteiger partial charge in [0.15, 0.2) is 5.69 Å². The zero-order valence-electron chi connectivity index (χ0n) is 9.02. The van der Waals surface area contributed by atoms with Gasteiger partial charge in [0.2, 0.25) is 0 Å². The van der Waals surface area contributed by atoms with Crippen LogP contribution in [0.25, 0.3) is 0 Å². The molecule has 1 aromatic carbocycles. The van der Waals surface area contributed by atoms with Crippen molar-refractivity contribution in [3.8, 4) is 0 Å². The van der Waals surface area contributed by atoms with Crippen LogP contribution in [0.3, 0.4) is 0 Å². The summed E-state index contributed by atoms with van der Waals surface area (Å²) in [5.41, 5.74) is 3.09. The lowest BCUT2D eigenvalue weighted by Gasteiger charge is -2.05. The largest absolute Gasteiger partial charge is 0.320 e. The molecule has 0 saturated carbocycles. The maximum atomic E-state index is 11.6. The van der Waals surface area contributed by atoms with Crippen molar-refractivity contribution in [1.82, 2.24) is 10.3 Å². The molecule has 1 aromatic heterocycles. The van der Waals surface area contributed by atoms with Gasteiger partial charge < -0.3 is 5.32 Å². The predicted molar refractivity (Wildman–Crippen MR) is 58.2 cm³/mol. The van der Waals surface area contributed by atoms with Crippen LogP contribution in [0.15, 0.2) is 29.0 Å². The Morgan fingerprint density at radius 1 is 1.25 bits per heavy atom. The predicted octanol–water partition coefficient (Wildman–Crippen LogP) is 1.94. The lowest BCUT2D eigenvalue weighted by Crippen LogP contribution is -2.12. The Bertz CT molecular complexity index is 486. The van der Waals surface area contributed by atoms with Crippen LogP contribution in [-0.2, 0) is 0 Å². The Morgan fingerprint density at radius 3 is 2.50 bits per heavy atom. The topological polar surface area (TPSA) is 68.0 Å². The number of aromatic nitrogens is 2. The zero-order valence-corrected chi connectivity index (χ0v) is 9.02. The first-order chi connectivity index (χ1) is 7.65. The van der Waals surface area contributed by atoms with Crippen molar-refractivity contribution in [2.45, 2.75) is 13.8 Å². The van der Waals surface area contributed by atoms with Crippen LogP contribution in [-0.4, -0.2) is 16.2 Å². The molecule has 0 atom stereocenters. The lowest BCUT2D eigenvalue weighted by molar-refractivity contribution is 0.101. The van der Waals surface area contributed by atoms with Crippen molar-refractivity contribution in [1.29, 1.82) is 0 Å². The highest BCUT2D eigenvalue weighted by atomic mass is 16.6. The molecule has 0 unspecified atom stereocenters. The summed E-state index contributed by atoms with van der Waals surface area (Å²) in [4.78, 5) is 11.6. The highest BCUT2D eigenvalue weighted by molar-refractivity contribution is 6.02. The van der Waals surface area contributed by atoms with Crippen molar-refractivity contribution in [3.63, 3.8) is 0 Å². The van der Waals surface area contributed by atoms with Crippen LogP contribution in [0.5, 0.6) is 0 Å². The molecular formula is C11H11N3O2. The molecule has 0 aliphatic rings. The molecule has 1 heterocycles. The number of nitrogens with zero attached hydrogens (tertiary/aromatic N) is 2. The summed E-state index contributed by atoms with van der Waals surface area (Å²) in [5.74, 6) is -0.328. The van der Waals surface area contributed by atoms with Crippen LogP contribution >= 0.6 is 0 Å². The fourth-order valence-corrected chi connectivity index (χ4v) is 1.51. The highest BCUT2D eigenvalue weighted by Crippen LogP contribution is 2.14. The van der Waals surface area contributed by atoms with E-state index < -0.39 is 0 Å². The van der Waals surface area contributed by atoms with E-state index in [1.807, 2.05) is 32.0 Å². The fourth-order valence-electron chi connectivity index (χ4n) is 1.51. The number of hydrogen-bond acceptors (Lipinski definition) is 4. The average Bonchev–Trinajstić information content (AvgIpc) is 2.68. The Balaban J connectivity index is 2.18. The van der Waals surface area contributed by atoms with Crippen LogP contribution in [0.4, 0.5) is 5.69 Å². The molecule has 0 radical (unpaired) electrons. The van der Waals surface area contributed by atoms with E-state index in [9.17, 15) is 4.79 Å². The van der Waals surface area contributed by atoms with Gasteiger partial charge in [0, 0.05) is 5.69 Å². The second-order valence-electron chi connectivity index (χ2n) is 3.62. The van der Waals surface area contributed by atoms with Gasteiger partial charge in [-0.15, -0.1) is 0 Å². The summed E-state index contributed by atoms with van der Waals surface area (Å²) >= 11 is 0. The first kappa shape index (κ1) is 10.4. The van der Waals surface area contributed by atoms with Gasteiger partial charge in [-0.1, -0.05) is 11.2 Å². The van der Waals surface area contributed by atoms with E-state index >= 15 is 0 Å². The molecule has 0 aliphatic carbocycles. The third-order valence-electron chi connectivity index (χ3n) is 2.07. The van der Waals surface area contributed by atoms with Gasteiger partial charge in [0.25, 0.3) is 5.91 Å². The molecule has 0 spiro atoms. The SMILES string of the molecule is Cc1cc(C)cc(NC(=O)c2cnon2)c1. The molecule has 0 saturated heterocycles. The lowest BCUT2D eigenvalue weighted by atomic mass is 10.1. The summed E-state index contributed by atoms with van der Waals surface area (Å²) in [6.45, 7) is 3.95. The summed E-state index contributed by atoms with van der Waals surface area (Å²) in [5, 5.41) is 9.56. The van der Waals surface area contributed by atoms with Crippen molar-refractivity contribution in [2.24, 2.45) is 0 Å². The van der Waals surface area contributed by atoms with E-state index in [-0.39, 0.29) is 11.6 Å². The zero-order chi connectivity index (χ0) is 11.5. The molecule has 2 rings (SSSR count). The van der Waals surface area contributed by atoms with Crippen molar-refractivity contribution in [2.75, 3.05) is 5.32 Å². The molecule has 5 nitrogen and oxygen atoms in total. The van der Waals surface area contributed by atoms with Crippen LogP contribution in [0, 0.1) is 13.8 Å². The minimum atomic E-state index is -0.328. The molecule has 1 amide bonds. The molecule has 1 N–H and O–H groups in total. The van der Waals surface area contributed by atoms with Crippen molar-refractivity contribution >= 4 is 11.6 Å². The van der Waals surface area contributed by atoms with E-state index in [2.05, 4.69) is 20.3 Å². The number of nitrogens with one attached hydrogen (secondary N) is 1. The molecular weight excluding hydrogens is 206 g/mol. The molecule has 0 aliphatic heterocycles. The van der Waals surface area contributed by atoms with Crippen LogP contribution in [0.2, 0.25) is 0 Å². The van der Waals surface area contributed by atoms with E-state index in [1.54, 1.807) is 0 Å². The maximum Gasteiger partial charge on any atom is 0.279 e. The molecule has 2 aromatic rings. The first-order valence-corrected chi connectivity index (χ1v) is 4.82. The highest BCUT2D eigenvalue weighted by Gasteiger charge is 2.10. The van der Waals surface area contributed by atoms with Gasteiger partial charge in [-0.05, 0) is 42.3 Å². The summed E-state index contributed by atoms with van der Waals surface area (Å²) in [6, 6.07) is 5.81. The number of amides is 1. The Labute approximate surface area is 92.4 Å². The Kier molecular flexibility index (Phi) is 2.68. The standard InChI is InChI=1S/C11H11N3O2/c1-7-3-8(2)5-9(4-7)13-11(15)10-6-12-16-14-10/h3-6H,1-2H3,(H,13,15). The Morgan fingerprint density at radius 2 is 1.94 bits per heavy atom. The minimum absolute atomic E-state index is 0.166. The molecule has 5 heteroatoms. The van der Waals surface area contributed by atoms with Gasteiger partial charge >= 0.3 is 0 Å². The van der Waals surface area contributed by atoms with Crippen LogP contribution < -0.4 is 5.32 Å². The van der Waals surface area contributed by atoms with E-state index in [0.717, 1.165) is 16.8 Å². The smallest absolute Gasteiger partial charge is 0.279 e. The van der Waals surface area contributed by atoms with Gasteiger partial charge in [-0.2, -0.15) is 0 Å². The molecule has 0 fully saturated rings. The molecule has 16 heavy (non-hydrogen) atoms. The normalized spacial score (nSPS) is 10.1. The quantitative estimate of drug-likeness (QED) is 0.834. The minimum Gasteiger partial charge on any atom is -0.320 e. The number of hydrogen-bond donors (Lipinski definition) is 1. The number of carbonyl (C=O) groups excluding carboxylic acids is 1. The van der Waals surface area contributed by atoms with E-state index in [1.165, 1.54) is 6.20 Å². The third-order valence-corrected chi connectivity index (χ3v) is 2.07. The molecule has 82 valence electrons. The number of carbonyl (C=O) groups is 1. The van der Waals surface area contributed by atoms with Gasteiger partial charge in [-0.25, -0.2) is 4.63 Å². The second kappa shape index (κ2) is 4.14. The number of benzene rings is 1. The number of aryl methyl sites for hydroxylation is 2. The number of rotatable bonds is 2. The third kappa shape index (κ3) is 2.25. The van der Waals surface area contributed by atoms with Crippen LogP contribution in [0.1, 0.15) is 21.6 Å². The van der Waals surface area contributed by atoms with Crippen molar-refractivity contribution < 1.29 is 9.42 Å². The average molecular weight is 217 g/mol. The van der Waals surface area contributed by atoms with E-state index in [0.29, 0.717) is 0 Å². The first-order valence-electron chi connectivity index (χ1n) is 4.82.